The Morgan fingerprint density at radius 1 is 1.25 bits per heavy atom. The zero-order valence-electron chi connectivity index (χ0n) is 13.5. The number of hydrogen-bond donors (Lipinski definition) is 1. The Morgan fingerprint density at radius 3 is 2.30 bits per heavy atom. The molecular formula is C16H29BrN2S. The molecule has 0 spiro atoms. The molecule has 1 atom stereocenters. The zero-order chi connectivity index (χ0) is 15.2. The van der Waals surface area contributed by atoms with E-state index in [4.69, 9.17) is 0 Å². The van der Waals surface area contributed by atoms with E-state index in [-0.39, 0.29) is 5.54 Å². The number of rotatable bonds is 9. The fraction of sp³-hybridized carbons (Fsp3) is 0.750. The Kier molecular flexibility index (Phi) is 7.73. The number of hydrogen-bond acceptors (Lipinski definition) is 3. The Balaban J connectivity index is 2.96. The van der Waals surface area contributed by atoms with Gasteiger partial charge in [-0.25, -0.2) is 0 Å². The van der Waals surface area contributed by atoms with Gasteiger partial charge in [0.15, 0.2) is 0 Å². The van der Waals surface area contributed by atoms with Gasteiger partial charge >= 0.3 is 0 Å². The average Bonchev–Trinajstić information content (AvgIpc) is 2.82. The molecule has 0 radical (unpaired) electrons. The van der Waals surface area contributed by atoms with Crippen LogP contribution in [0.3, 0.4) is 0 Å². The third-order valence-electron chi connectivity index (χ3n) is 4.44. The van der Waals surface area contributed by atoms with E-state index in [2.05, 4.69) is 73.1 Å². The second kappa shape index (κ2) is 8.52. The summed E-state index contributed by atoms with van der Waals surface area (Å²) in [7, 11) is 4.44. The van der Waals surface area contributed by atoms with Gasteiger partial charge in [-0.1, -0.05) is 20.8 Å². The van der Waals surface area contributed by atoms with Crippen molar-refractivity contribution < 1.29 is 0 Å². The first kappa shape index (κ1) is 18.1. The van der Waals surface area contributed by atoms with Crippen molar-refractivity contribution >= 4 is 27.3 Å². The summed E-state index contributed by atoms with van der Waals surface area (Å²) in [5.74, 6) is 0. The van der Waals surface area contributed by atoms with Crippen molar-refractivity contribution in [3.8, 4) is 0 Å². The van der Waals surface area contributed by atoms with Crippen LogP contribution < -0.4 is 5.32 Å². The van der Waals surface area contributed by atoms with E-state index >= 15 is 0 Å². The van der Waals surface area contributed by atoms with Gasteiger partial charge in [0.1, 0.15) is 0 Å². The molecule has 2 nitrogen and oxygen atoms in total. The Labute approximate surface area is 137 Å². The average molecular weight is 361 g/mol. The standard InChI is InChI=1S/C16H29BrN2S/c1-6-11-18-14(12-13-9-10-15(17)20-13)16(7-2,8-3)19(4)5/h9-10,14,18H,6-8,11-12H2,1-5H3. The lowest BCUT2D eigenvalue weighted by Crippen LogP contribution is -2.59. The predicted molar refractivity (Wildman–Crippen MR) is 94.8 cm³/mol. The van der Waals surface area contributed by atoms with Gasteiger partial charge < -0.3 is 10.2 Å². The third-order valence-corrected chi connectivity index (χ3v) is 6.08. The van der Waals surface area contributed by atoms with Gasteiger partial charge in [-0.2, -0.15) is 0 Å². The molecule has 1 heterocycles. The van der Waals surface area contributed by atoms with Crippen LogP contribution >= 0.6 is 27.3 Å². The molecular weight excluding hydrogens is 332 g/mol. The Morgan fingerprint density at radius 2 is 1.90 bits per heavy atom. The SMILES string of the molecule is CCCNC(Cc1ccc(Br)s1)C(CC)(CC)N(C)C. The van der Waals surface area contributed by atoms with Crippen LogP contribution in [0.1, 0.15) is 44.9 Å². The van der Waals surface area contributed by atoms with Crippen LogP contribution in [0.5, 0.6) is 0 Å². The van der Waals surface area contributed by atoms with Crippen molar-refractivity contribution in [1.82, 2.24) is 10.2 Å². The van der Waals surface area contributed by atoms with Gasteiger partial charge in [-0.05, 0) is 74.4 Å². The normalized spacial score (nSPS) is 13.9. The van der Waals surface area contributed by atoms with Crippen molar-refractivity contribution in [2.24, 2.45) is 0 Å². The van der Waals surface area contributed by atoms with Gasteiger partial charge in [0.2, 0.25) is 0 Å². The molecule has 0 fully saturated rings. The fourth-order valence-corrected chi connectivity index (χ4v) is 4.65. The van der Waals surface area contributed by atoms with E-state index < -0.39 is 0 Å². The second-order valence-corrected chi connectivity index (χ2v) is 8.17. The lowest BCUT2D eigenvalue weighted by atomic mass is 9.81. The minimum atomic E-state index is 0.228. The quantitative estimate of drug-likeness (QED) is 0.695. The molecule has 1 aromatic heterocycles. The van der Waals surface area contributed by atoms with Gasteiger partial charge in [-0.3, -0.25) is 0 Å². The lowest BCUT2D eigenvalue weighted by Gasteiger charge is -2.45. The van der Waals surface area contributed by atoms with Crippen molar-refractivity contribution in [1.29, 1.82) is 0 Å². The van der Waals surface area contributed by atoms with Crippen LogP contribution in [0.15, 0.2) is 15.9 Å². The van der Waals surface area contributed by atoms with E-state index in [0.717, 1.165) is 13.0 Å². The van der Waals surface area contributed by atoms with Crippen LogP contribution in [0, 0.1) is 0 Å². The highest BCUT2D eigenvalue weighted by molar-refractivity contribution is 9.11. The van der Waals surface area contributed by atoms with Crippen LogP contribution in [0.4, 0.5) is 0 Å². The summed E-state index contributed by atoms with van der Waals surface area (Å²) in [5.41, 5.74) is 0.228. The first-order chi connectivity index (χ1) is 9.50. The number of nitrogens with one attached hydrogen (secondary N) is 1. The summed E-state index contributed by atoms with van der Waals surface area (Å²) in [6, 6.07) is 4.91. The molecule has 1 aromatic rings. The smallest absolute Gasteiger partial charge is 0.0701 e. The Hall–Kier alpha value is 0.1000. The summed E-state index contributed by atoms with van der Waals surface area (Å²) in [5, 5.41) is 3.80. The molecule has 0 aliphatic heterocycles. The highest BCUT2D eigenvalue weighted by atomic mass is 79.9. The minimum Gasteiger partial charge on any atom is -0.312 e. The largest absolute Gasteiger partial charge is 0.312 e. The molecule has 4 heteroatoms. The fourth-order valence-electron chi connectivity index (χ4n) is 3.12. The van der Waals surface area contributed by atoms with E-state index in [1.165, 1.54) is 27.9 Å². The third kappa shape index (κ3) is 4.30. The van der Waals surface area contributed by atoms with Gasteiger partial charge in [0, 0.05) is 16.5 Å². The van der Waals surface area contributed by atoms with Gasteiger partial charge in [-0.15, -0.1) is 11.3 Å². The molecule has 116 valence electrons. The monoisotopic (exact) mass is 360 g/mol. The molecule has 0 aliphatic rings. The molecule has 20 heavy (non-hydrogen) atoms. The maximum atomic E-state index is 3.80. The molecule has 0 saturated carbocycles. The number of likely N-dealkylation sites (N-methyl/N-ethyl adjacent to an activating group) is 1. The number of thiophene rings is 1. The van der Waals surface area contributed by atoms with E-state index in [0.29, 0.717) is 6.04 Å². The predicted octanol–water partition coefficient (Wildman–Crippen LogP) is 4.54. The summed E-state index contributed by atoms with van der Waals surface area (Å²) in [6.45, 7) is 7.96. The first-order valence-electron chi connectivity index (χ1n) is 7.65. The molecule has 0 aromatic carbocycles. The summed E-state index contributed by atoms with van der Waals surface area (Å²) in [4.78, 5) is 3.88. The maximum absolute atomic E-state index is 3.80. The molecule has 0 bridgehead atoms. The highest BCUT2D eigenvalue weighted by Gasteiger charge is 2.37. The van der Waals surface area contributed by atoms with Gasteiger partial charge in [0.25, 0.3) is 0 Å². The van der Waals surface area contributed by atoms with Crippen LogP contribution in [-0.4, -0.2) is 37.1 Å². The van der Waals surface area contributed by atoms with Crippen LogP contribution in [-0.2, 0) is 6.42 Å². The molecule has 1 N–H and O–H groups in total. The Bertz CT molecular complexity index is 386. The molecule has 1 rings (SSSR count). The molecule has 0 saturated heterocycles. The van der Waals surface area contributed by atoms with Crippen molar-refractivity contribution in [3.05, 3.63) is 20.8 Å². The van der Waals surface area contributed by atoms with Crippen molar-refractivity contribution in [3.63, 3.8) is 0 Å². The van der Waals surface area contributed by atoms with E-state index in [1.807, 2.05) is 11.3 Å². The number of nitrogens with zero attached hydrogens (tertiary/aromatic N) is 1. The first-order valence-corrected chi connectivity index (χ1v) is 9.26. The highest BCUT2D eigenvalue weighted by Crippen LogP contribution is 2.31. The van der Waals surface area contributed by atoms with E-state index in [9.17, 15) is 0 Å². The molecule has 1 unspecified atom stereocenters. The summed E-state index contributed by atoms with van der Waals surface area (Å²) in [6.07, 6.45) is 4.63. The number of halogens is 1. The van der Waals surface area contributed by atoms with E-state index in [1.54, 1.807) is 0 Å². The van der Waals surface area contributed by atoms with Crippen molar-refractivity contribution in [2.45, 2.75) is 58.0 Å². The molecule has 0 amide bonds. The second-order valence-electron chi connectivity index (χ2n) is 5.62. The summed E-state index contributed by atoms with van der Waals surface area (Å²) < 4.78 is 1.23. The summed E-state index contributed by atoms with van der Waals surface area (Å²) >= 11 is 5.43. The van der Waals surface area contributed by atoms with Crippen molar-refractivity contribution in [2.75, 3.05) is 20.6 Å². The van der Waals surface area contributed by atoms with Crippen LogP contribution in [0.2, 0.25) is 0 Å². The van der Waals surface area contributed by atoms with Gasteiger partial charge in [0.05, 0.1) is 3.79 Å². The lowest BCUT2D eigenvalue weighted by molar-refractivity contribution is 0.0885. The molecule has 0 aliphatic carbocycles. The maximum Gasteiger partial charge on any atom is 0.0701 e. The zero-order valence-corrected chi connectivity index (χ0v) is 15.9. The minimum absolute atomic E-state index is 0.228. The topological polar surface area (TPSA) is 15.3 Å². The van der Waals surface area contributed by atoms with Crippen LogP contribution in [0.25, 0.3) is 0 Å².